The second kappa shape index (κ2) is 8.82. The zero-order valence-electron chi connectivity index (χ0n) is 17.9. The van der Waals surface area contributed by atoms with Crippen molar-refractivity contribution in [3.05, 3.63) is 89.4 Å². The summed E-state index contributed by atoms with van der Waals surface area (Å²) in [5.41, 5.74) is 3.37. The van der Waals surface area contributed by atoms with Crippen LogP contribution in [0.15, 0.2) is 65.9 Å². The van der Waals surface area contributed by atoms with Gasteiger partial charge >= 0.3 is 6.36 Å². The van der Waals surface area contributed by atoms with E-state index >= 15 is 0 Å². The Labute approximate surface area is 195 Å². The number of pyridine rings is 1. The van der Waals surface area contributed by atoms with E-state index in [0.717, 1.165) is 11.6 Å². The smallest absolute Gasteiger partial charge is 0.406 e. The molecule has 178 valence electrons. The SMILES string of the molecule is Fc1cccc(-c2nc3c([nH]2)C=NN(Cc2ccc(-c4ccc(OC(F)(F)F)cc4)nc2)C3)c1F. The van der Waals surface area contributed by atoms with Crippen LogP contribution in [0.1, 0.15) is 17.0 Å². The Morgan fingerprint density at radius 3 is 2.51 bits per heavy atom. The molecule has 0 aliphatic carbocycles. The van der Waals surface area contributed by atoms with E-state index < -0.39 is 18.0 Å². The fourth-order valence-electron chi connectivity index (χ4n) is 3.64. The van der Waals surface area contributed by atoms with Gasteiger partial charge in [-0.3, -0.25) is 9.99 Å². The molecule has 2 aromatic carbocycles. The first kappa shape index (κ1) is 22.5. The van der Waals surface area contributed by atoms with Crippen LogP contribution in [0.25, 0.3) is 22.6 Å². The molecule has 11 heteroatoms. The summed E-state index contributed by atoms with van der Waals surface area (Å²) in [5, 5.41) is 6.11. The summed E-state index contributed by atoms with van der Waals surface area (Å²) in [6.07, 6.45) is -1.52. The molecule has 3 heterocycles. The first-order chi connectivity index (χ1) is 16.7. The molecule has 5 rings (SSSR count). The number of alkyl halides is 3. The van der Waals surface area contributed by atoms with Crippen molar-refractivity contribution in [2.24, 2.45) is 5.10 Å². The van der Waals surface area contributed by atoms with Crippen LogP contribution in [0, 0.1) is 11.6 Å². The molecule has 1 aliphatic rings. The minimum absolute atomic E-state index is 0.0390. The van der Waals surface area contributed by atoms with E-state index in [9.17, 15) is 22.0 Å². The molecule has 0 amide bonds. The van der Waals surface area contributed by atoms with Crippen LogP contribution in [-0.4, -0.2) is 32.5 Å². The van der Waals surface area contributed by atoms with Gasteiger partial charge in [-0.1, -0.05) is 12.1 Å². The molecule has 6 nitrogen and oxygen atoms in total. The van der Waals surface area contributed by atoms with Gasteiger partial charge in [-0.25, -0.2) is 13.8 Å². The van der Waals surface area contributed by atoms with Crippen LogP contribution in [0.4, 0.5) is 22.0 Å². The van der Waals surface area contributed by atoms with Gasteiger partial charge in [-0.15, -0.1) is 13.2 Å². The Balaban J connectivity index is 1.25. The lowest BCUT2D eigenvalue weighted by molar-refractivity contribution is -0.274. The lowest BCUT2D eigenvalue weighted by Crippen LogP contribution is -2.21. The van der Waals surface area contributed by atoms with Gasteiger partial charge in [-0.05, 0) is 48.0 Å². The van der Waals surface area contributed by atoms with Crippen LogP contribution in [0.5, 0.6) is 5.75 Å². The molecule has 0 spiro atoms. The van der Waals surface area contributed by atoms with Gasteiger partial charge in [0.1, 0.15) is 11.6 Å². The number of fused-ring (bicyclic) bond motifs is 1. The first-order valence-electron chi connectivity index (χ1n) is 10.4. The van der Waals surface area contributed by atoms with Crippen molar-refractivity contribution in [3.63, 3.8) is 0 Å². The molecule has 0 unspecified atom stereocenters. The predicted octanol–water partition coefficient (Wildman–Crippen LogP) is 5.67. The second-order valence-electron chi connectivity index (χ2n) is 7.74. The van der Waals surface area contributed by atoms with Crippen molar-refractivity contribution in [1.82, 2.24) is 20.0 Å². The van der Waals surface area contributed by atoms with Gasteiger partial charge in [0.05, 0.1) is 41.9 Å². The second-order valence-corrected chi connectivity index (χ2v) is 7.74. The van der Waals surface area contributed by atoms with Gasteiger partial charge < -0.3 is 9.72 Å². The minimum atomic E-state index is -4.74. The number of H-pyrrole nitrogens is 1. The third kappa shape index (κ3) is 4.98. The summed E-state index contributed by atoms with van der Waals surface area (Å²) in [6, 6.07) is 12.9. The maximum absolute atomic E-state index is 14.1. The zero-order valence-corrected chi connectivity index (χ0v) is 17.9. The Morgan fingerprint density at radius 1 is 1.00 bits per heavy atom. The molecule has 2 aromatic heterocycles. The molecule has 0 saturated carbocycles. The minimum Gasteiger partial charge on any atom is -0.406 e. The average molecular weight is 485 g/mol. The number of nitrogens with one attached hydrogen (secondary N) is 1. The van der Waals surface area contributed by atoms with Crippen LogP contribution in [0.3, 0.4) is 0 Å². The van der Waals surface area contributed by atoms with Crippen LogP contribution >= 0.6 is 0 Å². The molecule has 35 heavy (non-hydrogen) atoms. The Kier molecular flexibility index (Phi) is 5.67. The molecule has 0 bridgehead atoms. The molecule has 1 aliphatic heterocycles. The van der Waals surface area contributed by atoms with E-state index in [4.69, 9.17) is 0 Å². The molecular formula is C24H16F5N5O. The maximum atomic E-state index is 14.1. The van der Waals surface area contributed by atoms with Crippen LogP contribution in [-0.2, 0) is 13.1 Å². The standard InChI is InChI=1S/C24H16F5N5O/c25-18-3-1-2-17(22(18)26)23-32-20-11-31-34(13-21(20)33-23)12-14-4-9-19(30-10-14)15-5-7-16(8-6-15)35-24(27,28)29/h1-11H,12-13H2,(H,32,33). The van der Waals surface area contributed by atoms with Crippen molar-refractivity contribution in [3.8, 4) is 28.4 Å². The van der Waals surface area contributed by atoms with E-state index in [1.165, 1.54) is 36.4 Å². The number of rotatable bonds is 5. The average Bonchev–Trinajstić information content (AvgIpc) is 3.24. The highest BCUT2D eigenvalue weighted by molar-refractivity contribution is 5.80. The number of hydrogen-bond acceptors (Lipinski definition) is 5. The molecule has 0 saturated heterocycles. The van der Waals surface area contributed by atoms with Gasteiger partial charge in [0.25, 0.3) is 0 Å². The number of hydrazone groups is 1. The lowest BCUT2D eigenvalue weighted by atomic mass is 10.1. The van der Waals surface area contributed by atoms with Crippen molar-refractivity contribution < 1.29 is 26.7 Å². The number of halogens is 5. The molecule has 1 N–H and O–H groups in total. The lowest BCUT2D eigenvalue weighted by Gasteiger charge is -2.21. The fraction of sp³-hybridized carbons (Fsp3) is 0.125. The van der Waals surface area contributed by atoms with Gasteiger partial charge in [0.15, 0.2) is 11.6 Å². The van der Waals surface area contributed by atoms with Crippen molar-refractivity contribution in [2.75, 3.05) is 0 Å². The number of imidazole rings is 1. The maximum Gasteiger partial charge on any atom is 0.573 e. The van der Waals surface area contributed by atoms with E-state index in [1.54, 1.807) is 23.5 Å². The molecule has 0 radical (unpaired) electrons. The summed E-state index contributed by atoms with van der Waals surface area (Å²) >= 11 is 0. The van der Waals surface area contributed by atoms with E-state index in [2.05, 4.69) is 24.8 Å². The third-order valence-corrected chi connectivity index (χ3v) is 5.27. The zero-order chi connectivity index (χ0) is 24.6. The van der Waals surface area contributed by atoms with Crippen LogP contribution < -0.4 is 4.74 Å². The van der Waals surface area contributed by atoms with Crippen molar-refractivity contribution in [2.45, 2.75) is 19.5 Å². The summed E-state index contributed by atoms with van der Waals surface area (Å²) in [7, 11) is 0. The number of aromatic amines is 1. The molecule has 0 atom stereocenters. The molecule has 4 aromatic rings. The monoisotopic (exact) mass is 485 g/mol. The summed E-state index contributed by atoms with van der Waals surface area (Å²) < 4.78 is 68.5. The number of nitrogens with zero attached hydrogens (tertiary/aromatic N) is 4. The largest absolute Gasteiger partial charge is 0.573 e. The van der Waals surface area contributed by atoms with Crippen molar-refractivity contribution in [1.29, 1.82) is 0 Å². The Morgan fingerprint density at radius 2 is 1.80 bits per heavy atom. The van der Waals surface area contributed by atoms with E-state index in [1.807, 2.05) is 6.07 Å². The van der Waals surface area contributed by atoms with Gasteiger partial charge in [0.2, 0.25) is 0 Å². The Bertz CT molecular complexity index is 1380. The van der Waals surface area contributed by atoms with Gasteiger partial charge in [0, 0.05) is 11.8 Å². The van der Waals surface area contributed by atoms with Gasteiger partial charge in [-0.2, -0.15) is 5.10 Å². The number of ether oxygens (including phenoxy) is 1. The molecule has 0 fully saturated rings. The fourth-order valence-corrected chi connectivity index (χ4v) is 3.64. The number of aromatic nitrogens is 3. The van der Waals surface area contributed by atoms with E-state index in [-0.39, 0.29) is 17.1 Å². The normalized spacial score (nSPS) is 13.1. The number of benzene rings is 2. The highest BCUT2D eigenvalue weighted by atomic mass is 19.4. The van der Waals surface area contributed by atoms with Crippen LogP contribution in [0.2, 0.25) is 0 Å². The van der Waals surface area contributed by atoms with E-state index in [0.29, 0.717) is 35.7 Å². The third-order valence-electron chi connectivity index (χ3n) is 5.27. The predicted molar refractivity (Wildman–Crippen MR) is 117 cm³/mol. The highest BCUT2D eigenvalue weighted by Crippen LogP contribution is 2.27. The topological polar surface area (TPSA) is 66.4 Å². The summed E-state index contributed by atoms with van der Waals surface area (Å²) in [5.74, 6) is -2.00. The highest BCUT2D eigenvalue weighted by Gasteiger charge is 2.31. The van der Waals surface area contributed by atoms with Crippen molar-refractivity contribution >= 4 is 6.21 Å². The molecular weight excluding hydrogens is 469 g/mol. The Hall–Kier alpha value is -4.28. The summed E-state index contributed by atoms with van der Waals surface area (Å²) in [6.45, 7) is 0.764. The number of hydrogen-bond donors (Lipinski definition) is 1. The summed E-state index contributed by atoms with van der Waals surface area (Å²) in [4.78, 5) is 11.8. The first-order valence-corrected chi connectivity index (χ1v) is 10.4. The quantitative estimate of drug-likeness (QED) is 0.370.